The summed E-state index contributed by atoms with van der Waals surface area (Å²) in [5, 5.41) is 3.58. The predicted octanol–water partition coefficient (Wildman–Crippen LogP) is 4.65. The van der Waals surface area contributed by atoms with E-state index in [-0.39, 0.29) is 6.03 Å². The number of nitrogens with one attached hydrogen (secondary N) is 1. The average molecular weight is 433 g/mol. The van der Waals surface area contributed by atoms with Crippen LogP contribution in [0.5, 0.6) is 0 Å². The van der Waals surface area contributed by atoms with Gasteiger partial charge in [-0.2, -0.15) is 0 Å². The fourth-order valence-corrected chi connectivity index (χ4v) is 3.60. The summed E-state index contributed by atoms with van der Waals surface area (Å²) in [4.78, 5) is 21.2. The lowest BCUT2D eigenvalue weighted by atomic mass is 10.2. The van der Waals surface area contributed by atoms with Gasteiger partial charge in [-0.25, -0.2) is 9.78 Å². The highest BCUT2D eigenvalue weighted by atomic mass is 79.9. The molecule has 0 bridgehead atoms. The van der Waals surface area contributed by atoms with Crippen LogP contribution in [0, 0.1) is 0 Å². The maximum absolute atomic E-state index is 12.8. The third-order valence-corrected chi connectivity index (χ3v) is 5.38. The fourth-order valence-electron chi connectivity index (χ4n) is 2.48. The smallest absolute Gasteiger partial charge is 0.319 e. The van der Waals surface area contributed by atoms with E-state index >= 15 is 0 Å². The van der Waals surface area contributed by atoms with Crippen LogP contribution in [0.4, 0.5) is 9.93 Å². The Kier molecular flexibility index (Phi) is 6.24. The number of aromatic nitrogens is 1. The first-order valence-electron chi connectivity index (χ1n) is 8.32. The lowest BCUT2D eigenvalue weighted by molar-refractivity contribution is 0.202. The van der Waals surface area contributed by atoms with Crippen molar-refractivity contribution in [3.63, 3.8) is 0 Å². The van der Waals surface area contributed by atoms with E-state index in [2.05, 4.69) is 31.1 Å². The van der Waals surface area contributed by atoms with Gasteiger partial charge in [-0.05, 0) is 43.9 Å². The molecule has 0 radical (unpaired) electrons. The average Bonchev–Trinajstić information content (AvgIpc) is 3.02. The molecule has 0 spiro atoms. The summed E-state index contributed by atoms with van der Waals surface area (Å²) in [6, 6.07) is 15.8. The molecule has 136 valence electrons. The van der Waals surface area contributed by atoms with Gasteiger partial charge in [0.15, 0.2) is 5.13 Å². The topological polar surface area (TPSA) is 48.5 Å². The number of anilines is 1. The van der Waals surface area contributed by atoms with Gasteiger partial charge in [-0.3, -0.25) is 5.32 Å². The van der Waals surface area contributed by atoms with Gasteiger partial charge in [0.05, 0.1) is 10.2 Å². The van der Waals surface area contributed by atoms with Crippen LogP contribution in [0.25, 0.3) is 10.2 Å². The standard InChI is InChI=1S/C19H21BrN4OS/c1-23(2)11-12-24(13-14-7-9-15(20)10-8-14)19(25)22-18-21-16-5-3-4-6-17(16)26-18/h3-10H,11-13H2,1-2H3,(H,21,22,25). The van der Waals surface area contributed by atoms with Crippen LogP contribution in [-0.4, -0.2) is 48.0 Å². The van der Waals surface area contributed by atoms with Crippen molar-refractivity contribution in [1.82, 2.24) is 14.8 Å². The Balaban J connectivity index is 1.73. The van der Waals surface area contributed by atoms with Gasteiger partial charge in [0.1, 0.15) is 0 Å². The Hall–Kier alpha value is -1.96. The summed E-state index contributed by atoms with van der Waals surface area (Å²) >= 11 is 4.93. The van der Waals surface area contributed by atoms with Gasteiger partial charge in [-0.15, -0.1) is 0 Å². The highest BCUT2D eigenvalue weighted by Gasteiger charge is 2.16. The molecule has 0 aliphatic heterocycles. The van der Waals surface area contributed by atoms with Crippen LogP contribution in [0.2, 0.25) is 0 Å². The van der Waals surface area contributed by atoms with Crippen molar-refractivity contribution in [2.24, 2.45) is 0 Å². The van der Waals surface area contributed by atoms with Crippen molar-refractivity contribution < 1.29 is 4.79 Å². The molecule has 2 amide bonds. The zero-order valence-corrected chi connectivity index (χ0v) is 17.2. The largest absolute Gasteiger partial charge is 0.323 e. The Morgan fingerprint density at radius 2 is 1.85 bits per heavy atom. The predicted molar refractivity (Wildman–Crippen MR) is 112 cm³/mol. The number of likely N-dealkylation sites (N-methyl/N-ethyl adjacent to an activating group) is 1. The lowest BCUT2D eigenvalue weighted by Gasteiger charge is -2.24. The lowest BCUT2D eigenvalue weighted by Crippen LogP contribution is -2.38. The van der Waals surface area contributed by atoms with Gasteiger partial charge in [0, 0.05) is 24.1 Å². The Bertz CT molecular complexity index is 846. The van der Waals surface area contributed by atoms with Crippen molar-refractivity contribution in [2.75, 3.05) is 32.5 Å². The first-order valence-corrected chi connectivity index (χ1v) is 9.93. The van der Waals surface area contributed by atoms with Crippen molar-refractivity contribution in [1.29, 1.82) is 0 Å². The molecular formula is C19H21BrN4OS. The zero-order chi connectivity index (χ0) is 18.5. The van der Waals surface area contributed by atoms with Crippen molar-refractivity contribution in [2.45, 2.75) is 6.54 Å². The summed E-state index contributed by atoms with van der Waals surface area (Å²) < 4.78 is 2.09. The van der Waals surface area contributed by atoms with E-state index in [1.807, 2.05) is 67.5 Å². The summed E-state index contributed by atoms with van der Waals surface area (Å²) in [5.74, 6) is 0. The van der Waals surface area contributed by atoms with Crippen molar-refractivity contribution >= 4 is 48.6 Å². The molecule has 0 saturated heterocycles. The molecule has 7 heteroatoms. The van der Waals surface area contributed by atoms with Gasteiger partial charge in [-0.1, -0.05) is 51.5 Å². The van der Waals surface area contributed by atoms with Crippen LogP contribution in [-0.2, 0) is 6.54 Å². The van der Waals surface area contributed by atoms with Crippen molar-refractivity contribution in [3.05, 3.63) is 58.6 Å². The van der Waals surface area contributed by atoms with Crippen LogP contribution >= 0.6 is 27.3 Å². The molecule has 0 aliphatic rings. The highest BCUT2D eigenvalue weighted by molar-refractivity contribution is 9.10. The third-order valence-electron chi connectivity index (χ3n) is 3.90. The SMILES string of the molecule is CN(C)CCN(Cc1ccc(Br)cc1)C(=O)Nc1nc2ccccc2s1. The van der Waals surface area contributed by atoms with Gasteiger partial charge in [0.25, 0.3) is 0 Å². The zero-order valence-electron chi connectivity index (χ0n) is 14.8. The number of urea groups is 1. The molecule has 0 unspecified atom stereocenters. The minimum absolute atomic E-state index is 0.131. The second-order valence-electron chi connectivity index (χ2n) is 6.27. The molecule has 3 rings (SSSR count). The van der Waals surface area contributed by atoms with Crippen LogP contribution in [0.15, 0.2) is 53.0 Å². The summed E-state index contributed by atoms with van der Waals surface area (Å²) in [6.45, 7) is 1.99. The number of benzene rings is 2. The van der Waals surface area contributed by atoms with E-state index in [9.17, 15) is 4.79 Å². The molecule has 0 saturated carbocycles. The maximum atomic E-state index is 12.8. The molecule has 3 aromatic rings. The number of amides is 2. The summed E-state index contributed by atoms with van der Waals surface area (Å²) in [7, 11) is 4.01. The third kappa shape index (κ3) is 5.03. The second kappa shape index (κ2) is 8.62. The maximum Gasteiger partial charge on any atom is 0.323 e. The number of thiazole rings is 1. The van der Waals surface area contributed by atoms with E-state index in [4.69, 9.17) is 0 Å². The van der Waals surface area contributed by atoms with Crippen LogP contribution < -0.4 is 5.32 Å². The number of hydrogen-bond donors (Lipinski definition) is 1. The van der Waals surface area contributed by atoms with Crippen molar-refractivity contribution in [3.8, 4) is 0 Å². The molecular weight excluding hydrogens is 412 g/mol. The number of rotatable bonds is 6. The highest BCUT2D eigenvalue weighted by Crippen LogP contribution is 2.25. The molecule has 1 aromatic heterocycles. The second-order valence-corrected chi connectivity index (χ2v) is 8.21. The number of nitrogens with zero attached hydrogens (tertiary/aromatic N) is 3. The number of carbonyl (C=O) groups is 1. The fraction of sp³-hybridized carbons (Fsp3) is 0.263. The summed E-state index contributed by atoms with van der Waals surface area (Å²) in [6.07, 6.45) is 0. The van der Waals surface area contributed by atoms with E-state index < -0.39 is 0 Å². The number of hydrogen-bond acceptors (Lipinski definition) is 4. The number of carbonyl (C=O) groups excluding carboxylic acids is 1. The number of halogens is 1. The van der Waals surface area contributed by atoms with E-state index in [1.165, 1.54) is 11.3 Å². The molecule has 1 N–H and O–H groups in total. The number of para-hydroxylation sites is 1. The van der Waals surface area contributed by atoms with E-state index in [0.29, 0.717) is 18.2 Å². The van der Waals surface area contributed by atoms with E-state index in [0.717, 1.165) is 26.8 Å². The molecule has 1 heterocycles. The Morgan fingerprint density at radius 1 is 1.12 bits per heavy atom. The molecule has 5 nitrogen and oxygen atoms in total. The van der Waals surface area contributed by atoms with Gasteiger partial charge < -0.3 is 9.80 Å². The minimum Gasteiger partial charge on any atom is -0.319 e. The summed E-state index contributed by atoms with van der Waals surface area (Å²) in [5.41, 5.74) is 1.99. The Morgan fingerprint density at radius 3 is 2.54 bits per heavy atom. The van der Waals surface area contributed by atoms with E-state index in [1.54, 1.807) is 0 Å². The number of fused-ring (bicyclic) bond motifs is 1. The molecule has 0 fully saturated rings. The minimum atomic E-state index is -0.131. The van der Waals surface area contributed by atoms with Gasteiger partial charge >= 0.3 is 6.03 Å². The normalized spacial score (nSPS) is 11.1. The first-order chi connectivity index (χ1) is 12.5. The van der Waals surface area contributed by atoms with Crippen LogP contribution in [0.3, 0.4) is 0 Å². The molecule has 0 atom stereocenters. The molecule has 2 aromatic carbocycles. The quantitative estimate of drug-likeness (QED) is 0.616. The molecule has 0 aliphatic carbocycles. The van der Waals surface area contributed by atoms with Gasteiger partial charge in [0.2, 0.25) is 0 Å². The Labute approximate surface area is 165 Å². The van der Waals surface area contributed by atoms with Crippen LogP contribution in [0.1, 0.15) is 5.56 Å². The monoisotopic (exact) mass is 432 g/mol. The molecule has 26 heavy (non-hydrogen) atoms. The first kappa shape index (κ1) is 18.8.